The van der Waals surface area contributed by atoms with Crippen LogP contribution in [0.25, 0.3) is 21.0 Å². The smallest absolute Gasteiger partial charge is 0.260 e. The molecule has 1 amide bonds. The zero-order valence-corrected chi connectivity index (χ0v) is 16.9. The van der Waals surface area contributed by atoms with Crippen molar-refractivity contribution in [3.05, 3.63) is 71.2 Å². The zero-order chi connectivity index (χ0) is 19.4. The number of anilines is 1. The molecule has 5 heteroatoms. The molecule has 1 atom stereocenters. The predicted molar refractivity (Wildman–Crippen MR) is 119 cm³/mol. The van der Waals surface area contributed by atoms with Gasteiger partial charge >= 0.3 is 0 Å². The number of aromatic nitrogens is 1. The first-order chi connectivity index (χ1) is 14.3. The maximum Gasteiger partial charge on any atom is 0.260 e. The Hall–Kier alpha value is -2.76. The molecular formula is C24H21N3OS. The van der Waals surface area contributed by atoms with E-state index in [-0.39, 0.29) is 5.91 Å². The highest BCUT2D eigenvalue weighted by Gasteiger charge is 2.32. The van der Waals surface area contributed by atoms with E-state index in [9.17, 15) is 4.79 Å². The molecule has 0 unspecified atom stereocenters. The maximum atomic E-state index is 13.1. The minimum atomic E-state index is 0.124. The Morgan fingerprint density at radius 2 is 1.90 bits per heavy atom. The molecule has 0 radical (unpaired) electrons. The van der Waals surface area contributed by atoms with Crippen molar-refractivity contribution < 1.29 is 4.79 Å². The molecule has 2 aliphatic heterocycles. The Kier molecular flexibility index (Phi) is 3.93. The number of likely N-dealkylation sites (tertiary alicyclic amines) is 1. The summed E-state index contributed by atoms with van der Waals surface area (Å²) in [6.07, 6.45) is 2.31. The lowest BCUT2D eigenvalue weighted by atomic mass is 9.99. The number of thiazole rings is 1. The van der Waals surface area contributed by atoms with Gasteiger partial charge in [-0.05, 0) is 49.0 Å². The van der Waals surface area contributed by atoms with Gasteiger partial charge < -0.3 is 0 Å². The van der Waals surface area contributed by atoms with Crippen LogP contribution >= 0.6 is 11.3 Å². The number of hydrogen-bond donors (Lipinski definition) is 0. The molecule has 0 spiro atoms. The summed E-state index contributed by atoms with van der Waals surface area (Å²) in [4.78, 5) is 22.4. The summed E-state index contributed by atoms with van der Waals surface area (Å²) in [7, 11) is 0. The predicted octanol–water partition coefficient (Wildman–Crippen LogP) is 5.25. The van der Waals surface area contributed by atoms with Gasteiger partial charge in [0.2, 0.25) is 0 Å². The monoisotopic (exact) mass is 399 g/mol. The van der Waals surface area contributed by atoms with Crippen molar-refractivity contribution in [2.24, 2.45) is 0 Å². The molecule has 0 aliphatic carbocycles. The van der Waals surface area contributed by atoms with Crippen LogP contribution in [0.4, 0.5) is 5.69 Å². The molecule has 1 aromatic heterocycles. The average molecular weight is 400 g/mol. The average Bonchev–Trinajstić information content (AvgIpc) is 3.31. The van der Waals surface area contributed by atoms with Crippen LogP contribution in [0.3, 0.4) is 0 Å². The SMILES string of the molecule is O=C1c2cccc3cccc(c23)N1CN1CCC[C@@H](c2nc3ccccc3s2)C1. The lowest BCUT2D eigenvalue weighted by Gasteiger charge is -2.34. The van der Waals surface area contributed by atoms with Crippen LogP contribution in [0.15, 0.2) is 60.7 Å². The van der Waals surface area contributed by atoms with E-state index >= 15 is 0 Å². The Morgan fingerprint density at radius 1 is 1.03 bits per heavy atom. The third-order valence-electron chi connectivity index (χ3n) is 6.16. The fraction of sp³-hybridized carbons (Fsp3) is 0.250. The maximum absolute atomic E-state index is 13.1. The number of para-hydroxylation sites is 1. The van der Waals surface area contributed by atoms with E-state index in [1.807, 2.05) is 34.4 Å². The summed E-state index contributed by atoms with van der Waals surface area (Å²) in [6.45, 7) is 2.63. The third kappa shape index (κ3) is 2.76. The van der Waals surface area contributed by atoms with Crippen molar-refractivity contribution in [2.75, 3.05) is 24.7 Å². The first-order valence-corrected chi connectivity index (χ1v) is 11.0. The highest BCUT2D eigenvalue weighted by Crippen LogP contribution is 2.38. The molecule has 6 rings (SSSR count). The molecule has 29 heavy (non-hydrogen) atoms. The standard InChI is InChI=1S/C24H21N3OS/c28-24-18-9-3-6-16-7-4-11-20(22(16)18)27(24)15-26-13-5-8-17(14-26)23-25-19-10-1-2-12-21(19)29-23/h1-4,6-7,9-12,17H,5,8,13-15H2/t17-/m1/s1. The van der Waals surface area contributed by atoms with Crippen molar-refractivity contribution in [3.8, 4) is 0 Å². The van der Waals surface area contributed by atoms with Crippen molar-refractivity contribution in [1.29, 1.82) is 0 Å². The number of carbonyl (C=O) groups is 1. The number of benzene rings is 3. The van der Waals surface area contributed by atoms with Crippen LogP contribution < -0.4 is 4.90 Å². The minimum absolute atomic E-state index is 0.124. The summed E-state index contributed by atoms with van der Waals surface area (Å²) in [5.41, 5.74) is 2.98. The van der Waals surface area contributed by atoms with Gasteiger partial charge in [-0.25, -0.2) is 4.98 Å². The highest BCUT2D eigenvalue weighted by atomic mass is 32.1. The topological polar surface area (TPSA) is 36.4 Å². The minimum Gasteiger partial charge on any atom is -0.294 e. The van der Waals surface area contributed by atoms with Crippen molar-refractivity contribution in [2.45, 2.75) is 18.8 Å². The van der Waals surface area contributed by atoms with Gasteiger partial charge in [0.1, 0.15) is 0 Å². The number of piperidine rings is 1. The van der Waals surface area contributed by atoms with Gasteiger partial charge in [-0.15, -0.1) is 11.3 Å². The molecule has 3 aromatic carbocycles. The summed E-state index contributed by atoms with van der Waals surface area (Å²) in [5, 5.41) is 3.47. The van der Waals surface area contributed by atoms with Gasteiger partial charge in [0.15, 0.2) is 0 Å². The van der Waals surface area contributed by atoms with E-state index in [4.69, 9.17) is 4.98 Å². The van der Waals surface area contributed by atoms with Crippen LogP contribution in [0.5, 0.6) is 0 Å². The second-order valence-electron chi connectivity index (χ2n) is 7.99. The molecular weight excluding hydrogens is 378 g/mol. The Labute approximate surface area is 173 Å². The normalized spacial score (nSPS) is 19.5. The number of nitrogens with zero attached hydrogens (tertiary/aromatic N) is 3. The summed E-state index contributed by atoms with van der Waals surface area (Å²) >= 11 is 1.82. The van der Waals surface area contributed by atoms with Crippen molar-refractivity contribution in [3.63, 3.8) is 0 Å². The molecule has 144 valence electrons. The van der Waals surface area contributed by atoms with E-state index < -0.39 is 0 Å². The van der Waals surface area contributed by atoms with Crippen molar-refractivity contribution >= 4 is 43.9 Å². The van der Waals surface area contributed by atoms with Gasteiger partial charge in [-0.3, -0.25) is 14.6 Å². The fourth-order valence-corrected chi connectivity index (χ4v) is 5.86. The van der Waals surface area contributed by atoms with Crippen LogP contribution in [0, 0.1) is 0 Å². The number of fused-ring (bicyclic) bond motifs is 1. The second-order valence-corrected chi connectivity index (χ2v) is 9.05. The van der Waals surface area contributed by atoms with Crippen molar-refractivity contribution in [1.82, 2.24) is 9.88 Å². The van der Waals surface area contributed by atoms with E-state index in [1.54, 1.807) is 0 Å². The largest absolute Gasteiger partial charge is 0.294 e. The Balaban J connectivity index is 1.26. The zero-order valence-electron chi connectivity index (χ0n) is 16.0. The summed E-state index contributed by atoms with van der Waals surface area (Å²) in [6, 6.07) is 20.6. The molecule has 0 saturated carbocycles. The number of amides is 1. The fourth-order valence-electron chi connectivity index (χ4n) is 4.77. The van der Waals surface area contributed by atoms with Gasteiger partial charge in [0.05, 0.1) is 27.6 Å². The number of hydrogen-bond acceptors (Lipinski definition) is 4. The van der Waals surface area contributed by atoms with Gasteiger partial charge in [0, 0.05) is 23.4 Å². The molecule has 1 fully saturated rings. The highest BCUT2D eigenvalue weighted by molar-refractivity contribution is 7.18. The molecule has 3 heterocycles. The Bertz CT molecular complexity index is 1210. The molecule has 0 N–H and O–H groups in total. The van der Waals surface area contributed by atoms with Gasteiger partial charge in [-0.2, -0.15) is 0 Å². The van der Waals surface area contributed by atoms with E-state index in [2.05, 4.69) is 47.4 Å². The first-order valence-electron chi connectivity index (χ1n) is 10.2. The molecule has 0 bridgehead atoms. The van der Waals surface area contributed by atoms with E-state index in [0.29, 0.717) is 12.6 Å². The Morgan fingerprint density at radius 3 is 2.79 bits per heavy atom. The first kappa shape index (κ1) is 17.1. The van der Waals surface area contributed by atoms with E-state index in [1.165, 1.54) is 16.1 Å². The number of rotatable bonds is 3. The quantitative estimate of drug-likeness (QED) is 0.472. The van der Waals surface area contributed by atoms with Crippen LogP contribution in [0.1, 0.15) is 34.1 Å². The molecule has 4 aromatic rings. The van der Waals surface area contributed by atoms with E-state index in [0.717, 1.165) is 47.1 Å². The third-order valence-corrected chi connectivity index (χ3v) is 7.35. The lowest BCUT2D eigenvalue weighted by molar-refractivity contribution is 0.0965. The summed E-state index contributed by atoms with van der Waals surface area (Å²) in [5.74, 6) is 0.566. The second kappa shape index (κ2) is 6.65. The van der Waals surface area contributed by atoms with Crippen LogP contribution in [0.2, 0.25) is 0 Å². The molecule has 1 saturated heterocycles. The number of carbonyl (C=O) groups excluding carboxylic acids is 1. The summed E-state index contributed by atoms with van der Waals surface area (Å²) < 4.78 is 1.26. The molecule has 2 aliphatic rings. The van der Waals surface area contributed by atoms with Crippen LogP contribution in [-0.4, -0.2) is 35.5 Å². The van der Waals surface area contributed by atoms with Crippen LogP contribution in [-0.2, 0) is 0 Å². The van der Waals surface area contributed by atoms with Gasteiger partial charge in [0.25, 0.3) is 5.91 Å². The lowest BCUT2D eigenvalue weighted by Crippen LogP contribution is -2.44. The van der Waals surface area contributed by atoms with Gasteiger partial charge in [-0.1, -0.05) is 36.4 Å². The molecule has 4 nitrogen and oxygen atoms in total.